The predicted molar refractivity (Wildman–Crippen MR) is 97.2 cm³/mol. The number of piperidine rings is 1. The van der Waals surface area contributed by atoms with Crippen molar-refractivity contribution in [2.75, 3.05) is 19.6 Å². The van der Waals surface area contributed by atoms with Crippen molar-refractivity contribution in [2.24, 2.45) is 5.92 Å². The minimum atomic E-state index is 0.591. The molecule has 0 spiro atoms. The summed E-state index contributed by atoms with van der Waals surface area (Å²) < 4.78 is 0. The molecule has 23 heavy (non-hydrogen) atoms. The summed E-state index contributed by atoms with van der Waals surface area (Å²) in [6, 6.07) is 16.4. The minimum absolute atomic E-state index is 0.591. The maximum atomic E-state index is 2.63. The molecule has 1 fully saturated rings. The van der Waals surface area contributed by atoms with E-state index in [2.05, 4.69) is 68.1 Å². The molecule has 120 valence electrons. The molecule has 1 nitrogen and oxygen atoms in total. The molecule has 0 N–H and O–H groups in total. The van der Waals surface area contributed by atoms with Crippen molar-refractivity contribution >= 4 is 0 Å². The quantitative estimate of drug-likeness (QED) is 0.765. The van der Waals surface area contributed by atoms with Crippen LogP contribution < -0.4 is 0 Å². The van der Waals surface area contributed by atoms with Crippen LogP contribution in [0.15, 0.2) is 42.5 Å². The number of hydrogen-bond donors (Lipinski definition) is 0. The van der Waals surface area contributed by atoms with E-state index in [1.807, 2.05) is 0 Å². The molecule has 0 aromatic heterocycles. The Morgan fingerprint density at radius 3 is 2.61 bits per heavy atom. The van der Waals surface area contributed by atoms with Gasteiger partial charge in [0.1, 0.15) is 0 Å². The Balaban J connectivity index is 1.81. The van der Waals surface area contributed by atoms with Gasteiger partial charge in [-0.2, -0.15) is 0 Å². The van der Waals surface area contributed by atoms with Crippen molar-refractivity contribution in [3.8, 4) is 0 Å². The highest BCUT2D eigenvalue weighted by Gasteiger charge is 2.43. The summed E-state index contributed by atoms with van der Waals surface area (Å²) in [6.07, 6.45) is 1.32. The summed E-state index contributed by atoms with van der Waals surface area (Å²) in [4.78, 5) is 2.63. The highest BCUT2D eigenvalue weighted by atomic mass is 15.1. The fourth-order valence-corrected chi connectivity index (χ4v) is 4.87. The second-order valence-electron chi connectivity index (χ2n) is 7.48. The first kappa shape index (κ1) is 15.0. The van der Waals surface area contributed by atoms with E-state index in [0.29, 0.717) is 11.8 Å². The van der Waals surface area contributed by atoms with Crippen LogP contribution in [0.4, 0.5) is 0 Å². The molecule has 2 aromatic carbocycles. The number of hydrogen-bond acceptors (Lipinski definition) is 1. The van der Waals surface area contributed by atoms with Crippen LogP contribution in [0, 0.1) is 19.8 Å². The van der Waals surface area contributed by atoms with E-state index in [4.69, 9.17) is 0 Å². The summed E-state index contributed by atoms with van der Waals surface area (Å²) in [5, 5.41) is 0. The average molecular weight is 305 g/mol. The van der Waals surface area contributed by atoms with Gasteiger partial charge in [-0.3, -0.25) is 0 Å². The third kappa shape index (κ3) is 2.52. The van der Waals surface area contributed by atoms with Gasteiger partial charge >= 0.3 is 0 Å². The molecule has 0 bridgehead atoms. The summed E-state index contributed by atoms with van der Waals surface area (Å²) in [7, 11) is 0. The molecular formula is C22H27N. The lowest BCUT2D eigenvalue weighted by molar-refractivity contribution is 0.167. The fourth-order valence-electron chi connectivity index (χ4n) is 4.87. The van der Waals surface area contributed by atoms with Gasteiger partial charge in [-0.05, 0) is 56.0 Å². The monoisotopic (exact) mass is 305 g/mol. The highest BCUT2D eigenvalue weighted by molar-refractivity contribution is 5.49. The van der Waals surface area contributed by atoms with E-state index in [-0.39, 0.29) is 0 Å². The third-order valence-electron chi connectivity index (χ3n) is 6.00. The van der Waals surface area contributed by atoms with E-state index in [1.165, 1.54) is 42.7 Å². The molecule has 0 saturated carbocycles. The van der Waals surface area contributed by atoms with Crippen LogP contribution in [0.2, 0.25) is 0 Å². The zero-order chi connectivity index (χ0) is 16.0. The zero-order valence-corrected chi connectivity index (χ0v) is 14.5. The molecule has 1 saturated heterocycles. The van der Waals surface area contributed by atoms with Crippen molar-refractivity contribution < 1.29 is 0 Å². The molecule has 2 aromatic rings. The second kappa shape index (κ2) is 5.79. The van der Waals surface area contributed by atoms with Gasteiger partial charge in [-0.15, -0.1) is 0 Å². The second-order valence-corrected chi connectivity index (χ2v) is 7.48. The van der Waals surface area contributed by atoms with Crippen LogP contribution in [0.5, 0.6) is 0 Å². The van der Waals surface area contributed by atoms with Crippen LogP contribution in [0.1, 0.15) is 53.0 Å². The van der Waals surface area contributed by atoms with Gasteiger partial charge in [-0.25, -0.2) is 0 Å². The number of likely N-dealkylation sites (tertiary alicyclic amines) is 1. The molecule has 3 atom stereocenters. The van der Waals surface area contributed by atoms with Crippen LogP contribution in [0.25, 0.3) is 0 Å². The molecule has 4 rings (SSSR count). The van der Waals surface area contributed by atoms with E-state index in [0.717, 1.165) is 5.92 Å². The number of benzene rings is 2. The predicted octanol–water partition coefficient (Wildman–Crippen LogP) is 4.87. The molecule has 2 aliphatic rings. The standard InChI is InChI=1S/C22H27N/c1-4-23-11-10-19-21(14-23)18-9-8-16(3)13-20(18)22(19)17-7-5-6-15(2)12-17/h5-9,12-13,19,21-22H,4,10-11,14H2,1-3H3/t19-,21-,22-/m1/s1. The summed E-state index contributed by atoms with van der Waals surface area (Å²) >= 11 is 0. The van der Waals surface area contributed by atoms with Gasteiger partial charge in [0.15, 0.2) is 0 Å². The average Bonchev–Trinajstić information content (AvgIpc) is 2.87. The van der Waals surface area contributed by atoms with Gasteiger partial charge in [0, 0.05) is 18.4 Å². The third-order valence-corrected chi connectivity index (χ3v) is 6.00. The van der Waals surface area contributed by atoms with Gasteiger partial charge in [0.25, 0.3) is 0 Å². The van der Waals surface area contributed by atoms with Gasteiger partial charge < -0.3 is 4.90 Å². The lowest BCUT2D eigenvalue weighted by atomic mass is 9.78. The number of rotatable bonds is 2. The van der Waals surface area contributed by atoms with Crippen LogP contribution >= 0.6 is 0 Å². The minimum Gasteiger partial charge on any atom is -0.303 e. The Morgan fingerprint density at radius 2 is 1.83 bits per heavy atom. The topological polar surface area (TPSA) is 3.24 Å². The SMILES string of the molecule is CCN1CC[C@H]2[C@@H](c3cccc(C)c3)c3cc(C)ccc3[C@H]2C1. The molecule has 1 aliphatic carbocycles. The number of fused-ring (bicyclic) bond motifs is 3. The first-order chi connectivity index (χ1) is 11.2. The molecular weight excluding hydrogens is 278 g/mol. The Labute approximate surface area is 140 Å². The van der Waals surface area contributed by atoms with E-state index < -0.39 is 0 Å². The first-order valence-electron chi connectivity index (χ1n) is 9.06. The smallest absolute Gasteiger partial charge is 0.0127 e. The van der Waals surface area contributed by atoms with Crippen molar-refractivity contribution in [3.05, 3.63) is 70.3 Å². The maximum absolute atomic E-state index is 2.63. The Kier molecular flexibility index (Phi) is 3.77. The van der Waals surface area contributed by atoms with Crippen molar-refractivity contribution in [2.45, 2.75) is 39.0 Å². The zero-order valence-electron chi connectivity index (χ0n) is 14.5. The van der Waals surface area contributed by atoms with Crippen LogP contribution in [-0.4, -0.2) is 24.5 Å². The van der Waals surface area contributed by atoms with Crippen molar-refractivity contribution in [3.63, 3.8) is 0 Å². The summed E-state index contributed by atoms with van der Waals surface area (Å²) in [5.74, 6) is 2.08. The number of likely N-dealkylation sites (N-methyl/N-ethyl adjacent to an activating group) is 1. The molecule has 1 heteroatoms. The lowest BCUT2D eigenvalue weighted by Gasteiger charge is -2.37. The molecule has 1 heterocycles. The normalized spacial score (nSPS) is 26.8. The Bertz CT molecular complexity index is 718. The van der Waals surface area contributed by atoms with Gasteiger partial charge in [0.05, 0.1) is 0 Å². The van der Waals surface area contributed by atoms with E-state index >= 15 is 0 Å². The van der Waals surface area contributed by atoms with Crippen molar-refractivity contribution in [1.29, 1.82) is 0 Å². The molecule has 1 aliphatic heterocycles. The molecule has 0 unspecified atom stereocenters. The Hall–Kier alpha value is -1.60. The van der Waals surface area contributed by atoms with Crippen LogP contribution in [0.3, 0.4) is 0 Å². The largest absolute Gasteiger partial charge is 0.303 e. The summed E-state index contributed by atoms with van der Waals surface area (Å²) in [5.41, 5.74) is 7.52. The number of nitrogens with zero attached hydrogens (tertiary/aromatic N) is 1. The van der Waals surface area contributed by atoms with E-state index in [9.17, 15) is 0 Å². The lowest BCUT2D eigenvalue weighted by Crippen LogP contribution is -2.38. The molecule has 0 amide bonds. The summed E-state index contributed by atoms with van der Waals surface area (Å²) in [6.45, 7) is 10.4. The first-order valence-corrected chi connectivity index (χ1v) is 9.06. The number of aryl methyl sites for hydroxylation is 2. The maximum Gasteiger partial charge on any atom is 0.0127 e. The van der Waals surface area contributed by atoms with Crippen molar-refractivity contribution in [1.82, 2.24) is 4.90 Å². The van der Waals surface area contributed by atoms with Gasteiger partial charge in [-0.1, -0.05) is 60.5 Å². The fraction of sp³-hybridized carbons (Fsp3) is 0.455. The molecule has 0 radical (unpaired) electrons. The van der Waals surface area contributed by atoms with Crippen LogP contribution in [-0.2, 0) is 0 Å². The highest BCUT2D eigenvalue weighted by Crippen LogP contribution is 2.53. The van der Waals surface area contributed by atoms with E-state index in [1.54, 1.807) is 11.1 Å². The van der Waals surface area contributed by atoms with Gasteiger partial charge in [0.2, 0.25) is 0 Å². The Morgan fingerprint density at radius 1 is 1.00 bits per heavy atom.